The average Bonchev–Trinajstić information content (AvgIpc) is 2.86. The highest BCUT2D eigenvalue weighted by atomic mass is 35.5. The molecule has 1 aliphatic rings. The Labute approximate surface area is 129 Å². The summed E-state index contributed by atoms with van der Waals surface area (Å²) in [5.74, 6) is 1.22. The third-order valence-corrected chi connectivity index (χ3v) is 5.18. The first-order valence-electron chi connectivity index (χ1n) is 6.49. The van der Waals surface area contributed by atoms with Crippen LogP contribution < -0.4 is 10.6 Å². The summed E-state index contributed by atoms with van der Waals surface area (Å²) in [5, 5.41) is 8.41. The molecule has 0 saturated carbocycles. The molecular formula is C13H21ClN2OS2. The largest absolute Gasteiger partial charge is 0.354 e. The Morgan fingerprint density at radius 3 is 3.05 bits per heavy atom. The predicted molar refractivity (Wildman–Crippen MR) is 86.6 cm³/mol. The van der Waals surface area contributed by atoms with Gasteiger partial charge in [0, 0.05) is 18.0 Å². The summed E-state index contributed by atoms with van der Waals surface area (Å²) in [5.41, 5.74) is 1.23. The summed E-state index contributed by atoms with van der Waals surface area (Å²) in [6.07, 6.45) is 2.24. The minimum atomic E-state index is 0. The molecule has 1 aromatic rings. The fraction of sp³-hybridized carbons (Fsp3) is 0.615. The maximum Gasteiger partial charge on any atom is 0.237 e. The SMILES string of the molecule is CCCNCCNC(=O)C1SCCc2sccc21.Cl. The fourth-order valence-corrected chi connectivity index (χ4v) is 4.35. The van der Waals surface area contributed by atoms with Crippen LogP contribution in [-0.4, -0.2) is 31.3 Å². The van der Waals surface area contributed by atoms with E-state index in [9.17, 15) is 4.79 Å². The van der Waals surface area contributed by atoms with Gasteiger partial charge in [0.1, 0.15) is 5.25 Å². The molecule has 1 unspecified atom stereocenters. The van der Waals surface area contributed by atoms with E-state index in [-0.39, 0.29) is 23.6 Å². The Kier molecular flexibility index (Phi) is 7.83. The van der Waals surface area contributed by atoms with Gasteiger partial charge in [-0.05, 0) is 42.1 Å². The number of hydrogen-bond donors (Lipinski definition) is 2. The van der Waals surface area contributed by atoms with Crippen LogP contribution in [0.5, 0.6) is 0 Å². The van der Waals surface area contributed by atoms with Gasteiger partial charge in [-0.2, -0.15) is 0 Å². The highest BCUT2D eigenvalue weighted by Gasteiger charge is 2.27. The monoisotopic (exact) mass is 320 g/mol. The molecule has 0 aliphatic carbocycles. The van der Waals surface area contributed by atoms with Crippen molar-refractivity contribution < 1.29 is 4.79 Å². The molecule has 1 atom stereocenters. The van der Waals surface area contributed by atoms with Gasteiger partial charge in [-0.3, -0.25) is 4.79 Å². The van der Waals surface area contributed by atoms with Crippen LogP contribution in [0, 0.1) is 0 Å². The van der Waals surface area contributed by atoms with Gasteiger partial charge >= 0.3 is 0 Å². The van der Waals surface area contributed by atoms with Gasteiger partial charge in [-0.25, -0.2) is 0 Å². The Morgan fingerprint density at radius 2 is 2.26 bits per heavy atom. The number of fused-ring (bicyclic) bond motifs is 1. The van der Waals surface area contributed by atoms with Crippen molar-refractivity contribution >= 4 is 41.4 Å². The summed E-state index contributed by atoms with van der Waals surface area (Å²) >= 11 is 3.54. The smallest absolute Gasteiger partial charge is 0.237 e. The van der Waals surface area contributed by atoms with Gasteiger partial charge in [0.15, 0.2) is 0 Å². The van der Waals surface area contributed by atoms with Crippen molar-refractivity contribution in [2.45, 2.75) is 25.0 Å². The van der Waals surface area contributed by atoms with E-state index >= 15 is 0 Å². The van der Waals surface area contributed by atoms with E-state index in [0.29, 0.717) is 0 Å². The molecule has 0 spiro atoms. The lowest BCUT2D eigenvalue weighted by atomic mass is 10.1. The van der Waals surface area contributed by atoms with Gasteiger partial charge in [0.2, 0.25) is 5.91 Å². The zero-order valence-electron chi connectivity index (χ0n) is 11.1. The molecule has 1 aliphatic heterocycles. The minimum absolute atomic E-state index is 0. The summed E-state index contributed by atoms with van der Waals surface area (Å²) in [4.78, 5) is 13.5. The maximum atomic E-state index is 12.1. The number of nitrogens with one attached hydrogen (secondary N) is 2. The van der Waals surface area contributed by atoms with Gasteiger partial charge < -0.3 is 10.6 Å². The van der Waals surface area contributed by atoms with E-state index in [1.165, 1.54) is 10.4 Å². The second-order valence-corrected chi connectivity index (χ2v) is 6.55. The van der Waals surface area contributed by atoms with Crippen LogP contribution in [0.15, 0.2) is 11.4 Å². The second kappa shape index (κ2) is 8.84. The molecule has 108 valence electrons. The second-order valence-electron chi connectivity index (χ2n) is 4.34. The third-order valence-electron chi connectivity index (χ3n) is 2.94. The first-order valence-corrected chi connectivity index (χ1v) is 8.42. The molecule has 0 radical (unpaired) electrons. The molecule has 2 N–H and O–H groups in total. The van der Waals surface area contributed by atoms with Crippen LogP contribution in [0.4, 0.5) is 0 Å². The first-order chi connectivity index (χ1) is 8.83. The quantitative estimate of drug-likeness (QED) is 0.792. The van der Waals surface area contributed by atoms with Crippen LogP contribution in [0.2, 0.25) is 0 Å². The number of rotatable bonds is 6. The molecule has 0 saturated heterocycles. The van der Waals surface area contributed by atoms with Crippen molar-refractivity contribution in [2.24, 2.45) is 0 Å². The summed E-state index contributed by atoms with van der Waals surface area (Å²) in [6.45, 7) is 4.73. The van der Waals surface area contributed by atoms with Crippen LogP contribution in [-0.2, 0) is 11.2 Å². The Balaban J connectivity index is 0.00000180. The number of amides is 1. The van der Waals surface area contributed by atoms with Gasteiger partial charge in [-0.1, -0.05) is 6.92 Å². The van der Waals surface area contributed by atoms with Crippen LogP contribution >= 0.6 is 35.5 Å². The van der Waals surface area contributed by atoms with E-state index in [0.717, 1.165) is 38.2 Å². The first kappa shape index (κ1) is 16.8. The molecule has 2 heterocycles. The van der Waals surface area contributed by atoms with E-state index in [2.05, 4.69) is 29.0 Å². The third kappa shape index (κ3) is 4.67. The molecular weight excluding hydrogens is 300 g/mol. The van der Waals surface area contributed by atoms with Crippen molar-refractivity contribution in [3.8, 4) is 0 Å². The Hall–Kier alpha value is -0.230. The van der Waals surface area contributed by atoms with Crippen molar-refractivity contribution in [3.63, 3.8) is 0 Å². The predicted octanol–water partition coefficient (Wildman–Crippen LogP) is 2.62. The lowest BCUT2D eigenvalue weighted by Gasteiger charge is -2.21. The molecule has 1 amide bonds. The van der Waals surface area contributed by atoms with Crippen molar-refractivity contribution in [1.29, 1.82) is 0 Å². The maximum absolute atomic E-state index is 12.1. The van der Waals surface area contributed by atoms with E-state index in [4.69, 9.17) is 0 Å². The number of aryl methyl sites for hydroxylation is 1. The van der Waals surface area contributed by atoms with Crippen LogP contribution in [0.3, 0.4) is 0 Å². The molecule has 6 heteroatoms. The standard InChI is InChI=1S/C13H20N2OS2.ClH/c1-2-5-14-6-7-15-13(16)12-10-3-8-17-11(10)4-9-18-12;/h3,8,12,14H,2,4-7,9H2,1H3,(H,15,16);1H. The zero-order chi connectivity index (χ0) is 12.8. The summed E-state index contributed by atoms with van der Waals surface area (Å²) in [7, 11) is 0. The number of thiophene rings is 1. The van der Waals surface area contributed by atoms with E-state index < -0.39 is 0 Å². The van der Waals surface area contributed by atoms with Crippen molar-refractivity contribution in [2.75, 3.05) is 25.4 Å². The summed E-state index contributed by atoms with van der Waals surface area (Å²) in [6, 6.07) is 2.10. The lowest BCUT2D eigenvalue weighted by molar-refractivity contribution is -0.120. The normalized spacial score (nSPS) is 17.4. The Bertz CT molecular complexity index is 398. The molecule has 0 aromatic carbocycles. The lowest BCUT2D eigenvalue weighted by Crippen LogP contribution is -2.35. The number of hydrogen-bond acceptors (Lipinski definition) is 4. The highest BCUT2D eigenvalue weighted by molar-refractivity contribution is 8.00. The molecule has 3 nitrogen and oxygen atoms in total. The topological polar surface area (TPSA) is 41.1 Å². The molecule has 19 heavy (non-hydrogen) atoms. The molecule has 0 fully saturated rings. The molecule has 0 bridgehead atoms. The summed E-state index contributed by atoms with van der Waals surface area (Å²) < 4.78 is 0. The van der Waals surface area contributed by atoms with Crippen LogP contribution in [0.25, 0.3) is 0 Å². The zero-order valence-corrected chi connectivity index (χ0v) is 13.6. The Morgan fingerprint density at radius 1 is 1.42 bits per heavy atom. The van der Waals surface area contributed by atoms with E-state index in [1.54, 1.807) is 23.1 Å². The van der Waals surface area contributed by atoms with E-state index in [1.807, 2.05) is 0 Å². The van der Waals surface area contributed by atoms with Crippen LogP contribution in [0.1, 0.15) is 29.0 Å². The minimum Gasteiger partial charge on any atom is -0.354 e. The molecule has 1 aromatic heterocycles. The van der Waals surface area contributed by atoms with Crippen molar-refractivity contribution in [3.05, 3.63) is 21.9 Å². The van der Waals surface area contributed by atoms with Gasteiger partial charge in [-0.15, -0.1) is 35.5 Å². The fourth-order valence-electron chi connectivity index (χ4n) is 2.03. The highest BCUT2D eigenvalue weighted by Crippen LogP contribution is 2.39. The number of thioether (sulfide) groups is 1. The van der Waals surface area contributed by atoms with Gasteiger partial charge in [0.25, 0.3) is 0 Å². The average molecular weight is 321 g/mol. The number of carbonyl (C=O) groups excluding carboxylic acids is 1. The molecule has 2 rings (SSSR count). The van der Waals surface area contributed by atoms with Crippen molar-refractivity contribution in [1.82, 2.24) is 10.6 Å². The number of halogens is 1. The van der Waals surface area contributed by atoms with Gasteiger partial charge in [0.05, 0.1) is 0 Å². The number of carbonyl (C=O) groups is 1.